The van der Waals surface area contributed by atoms with Gasteiger partial charge in [-0.05, 0) is 12.5 Å². The smallest absolute Gasteiger partial charge is 0.344 e. The van der Waals surface area contributed by atoms with E-state index in [1.54, 1.807) is 0 Å². The fourth-order valence-electron chi connectivity index (χ4n) is 2.42. The van der Waals surface area contributed by atoms with Crippen molar-refractivity contribution in [2.45, 2.75) is 60.6 Å². The van der Waals surface area contributed by atoms with Gasteiger partial charge < -0.3 is 5.32 Å². The molecule has 19 heteroatoms. The Morgan fingerprint density at radius 1 is 0.583 bits per heavy atom. The van der Waals surface area contributed by atoms with E-state index in [-0.39, 0.29) is 5.56 Å². The normalized spacial score (nSPS) is 16.1. The Bertz CT molecular complexity index is 938. The summed E-state index contributed by atoms with van der Waals surface area (Å²) in [6.45, 7) is 0.752. The van der Waals surface area contributed by atoms with Crippen LogP contribution in [-0.2, 0) is 4.79 Å². The molecule has 0 saturated heterocycles. The third-order valence-electron chi connectivity index (χ3n) is 4.65. The Morgan fingerprint density at radius 2 is 0.917 bits per heavy atom. The monoisotopic (exact) mass is 567 g/mol. The van der Waals surface area contributed by atoms with Gasteiger partial charge in [-0.25, -0.2) is 0 Å². The van der Waals surface area contributed by atoms with E-state index in [2.05, 4.69) is 0 Å². The first kappa shape index (κ1) is 31.5. The van der Waals surface area contributed by atoms with E-state index in [1.165, 1.54) is 18.2 Å². The van der Waals surface area contributed by atoms with Crippen LogP contribution < -0.4 is 5.32 Å². The highest BCUT2D eigenvalue weighted by Gasteiger charge is 2.95. The molecule has 1 aromatic rings. The zero-order valence-corrected chi connectivity index (χ0v) is 16.8. The van der Waals surface area contributed by atoms with Gasteiger partial charge in [0.1, 0.15) is 0 Å². The lowest BCUT2D eigenvalue weighted by Gasteiger charge is -2.42. The molecule has 1 amide bonds. The number of rotatable bonds is 9. The molecule has 1 rings (SSSR count). The predicted octanol–water partition coefficient (Wildman–Crippen LogP) is 6.87. The van der Waals surface area contributed by atoms with Crippen molar-refractivity contribution in [2.24, 2.45) is 0 Å². The quantitative estimate of drug-likeness (QED) is 0.325. The van der Waals surface area contributed by atoms with Crippen molar-refractivity contribution >= 4 is 5.91 Å². The van der Waals surface area contributed by atoms with Crippen LogP contribution in [-0.4, -0.2) is 53.5 Å². The molecule has 0 heterocycles. The van der Waals surface area contributed by atoms with Crippen molar-refractivity contribution < 1.29 is 79.4 Å². The lowest BCUT2D eigenvalue weighted by Crippen LogP contribution is -2.75. The van der Waals surface area contributed by atoms with Crippen molar-refractivity contribution in [1.82, 2.24) is 5.32 Å². The van der Waals surface area contributed by atoms with E-state index >= 15 is 0 Å². The third kappa shape index (κ3) is 4.31. The van der Waals surface area contributed by atoms with Gasteiger partial charge in [0.2, 0.25) is 0 Å². The molecule has 0 spiro atoms. The molecule has 0 aliphatic heterocycles. The second-order valence-corrected chi connectivity index (χ2v) is 7.12. The number of hydrogen-bond acceptors (Lipinski definition) is 1. The largest absolute Gasteiger partial charge is 0.460 e. The third-order valence-corrected chi connectivity index (χ3v) is 4.65. The molecule has 0 unspecified atom stereocenters. The molecule has 0 radical (unpaired) electrons. The van der Waals surface area contributed by atoms with Crippen molar-refractivity contribution in [3.63, 3.8) is 0 Å². The van der Waals surface area contributed by atoms with Gasteiger partial charge in [0.25, 0.3) is 5.91 Å². The molecule has 2 nitrogen and oxygen atoms in total. The van der Waals surface area contributed by atoms with E-state index in [9.17, 15) is 79.4 Å². The van der Waals surface area contributed by atoms with Crippen molar-refractivity contribution in [3.05, 3.63) is 35.9 Å². The standard InChI is InChI=1S/C17H10F17NO/c1-7(8-5-3-2-4-6-8)35-9(36)10(18,19)11(20,21)12(22,23)13(24,25)14(26,27)15(28,29)16(30,31)17(32,33)34/h2-7H,1H3,(H,35,36)/t7-/m0/s1. The van der Waals surface area contributed by atoms with E-state index < -0.39 is 59.6 Å². The highest BCUT2D eigenvalue weighted by molar-refractivity contribution is 5.85. The summed E-state index contributed by atoms with van der Waals surface area (Å²) in [5.74, 6) is -61.6. The zero-order valence-electron chi connectivity index (χ0n) is 16.8. The molecule has 1 aromatic carbocycles. The van der Waals surface area contributed by atoms with Gasteiger partial charge >= 0.3 is 47.6 Å². The molecule has 0 aliphatic rings. The van der Waals surface area contributed by atoms with Crippen molar-refractivity contribution in [3.8, 4) is 0 Å². The maximum Gasteiger partial charge on any atom is 0.460 e. The molecule has 1 N–H and O–H groups in total. The maximum absolute atomic E-state index is 13.9. The van der Waals surface area contributed by atoms with Gasteiger partial charge in [-0.2, -0.15) is 74.6 Å². The fraction of sp³-hybridized carbons (Fsp3) is 0.588. The first-order valence-electron chi connectivity index (χ1n) is 8.73. The van der Waals surface area contributed by atoms with Crippen LogP contribution in [0.5, 0.6) is 0 Å². The minimum atomic E-state index is -8.74. The molecular weight excluding hydrogens is 557 g/mol. The Balaban J connectivity index is 3.52. The Hall–Kier alpha value is -2.50. The van der Waals surface area contributed by atoms with Crippen LogP contribution in [0.2, 0.25) is 0 Å². The van der Waals surface area contributed by atoms with Gasteiger partial charge in [0, 0.05) is 0 Å². The topological polar surface area (TPSA) is 29.1 Å². The molecule has 1 atom stereocenters. The number of carbonyl (C=O) groups excluding carboxylic acids is 1. The Labute approximate surface area is 188 Å². The van der Waals surface area contributed by atoms with Gasteiger partial charge in [0.15, 0.2) is 0 Å². The number of carbonyl (C=O) groups is 1. The van der Waals surface area contributed by atoms with Gasteiger partial charge in [0.05, 0.1) is 6.04 Å². The second kappa shape index (κ2) is 8.81. The summed E-state index contributed by atoms with van der Waals surface area (Å²) in [7, 11) is 0. The Morgan fingerprint density at radius 3 is 1.28 bits per heavy atom. The van der Waals surface area contributed by atoms with Gasteiger partial charge in [-0.1, -0.05) is 30.3 Å². The summed E-state index contributed by atoms with van der Waals surface area (Å²) in [5, 5.41) is 0.928. The average Bonchev–Trinajstić information content (AvgIpc) is 2.72. The second-order valence-electron chi connectivity index (χ2n) is 7.12. The summed E-state index contributed by atoms with van der Waals surface area (Å²) in [5.41, 5.74) is -0.192. The Kier molecular flexibility index (Phi) is 7.72. The number of alkyl halides is 17. The fourth-order valence-corrected chi connectivity index (χ4v) is 2.42. The van der Waals surface area contributed by atoms with Crippen LogP contribution in [0.1, 0.15) is 18.5 Å². The average molecular weight is 567 g/mol. The number of hydrogen-bond donors (Lipinski definition) is 1. The number of nitrogens with one attached hydrogen (secondary N) is 1. The minimum Gasteiger partial charge on any atom is -0.344 e. The molecular formula is C17H10F17NO. The minimum absolute atomic E-state index is 0.192. The highest BCUT2D eigenvalue weighted by Crippen LogP contribution is 2.63. The van der Waals surface area contributed by atoms with E-state index in [0.29, 0.717) is 0 Å². The molecule has 0 aromatic heterocycles. The lowest BCUT2D eigenvalue weighted by molar-refractivity contribution is -0.459. The van der Waals surface area contributed by atoms with Crippen LogP contribution in [0, 0.1) is 0 Å². The molecule has 0 saturated carbocycles. The van der Waals surface area contributed by atoms with Gasteiger partial charge in [-0.15, -0.1) is 0 Å². The van der Waals surface area contributed by atoms with E-state index in [4.69, 9.17) is 0 Å². The molecule has 0 fully saturated rings. The molecule has 36 heavy (non-hydrogen) atoms. The van der Waals surface area contributed by atoms with E-state index in [0.717, 1.165) is 24.4 Å². The van der Waals surface area contributed by atoms with Crippen molar-refractivity contribution in [1.29, 1.82) is 0 Å². The summed E-state index contributed by atoms with van der Waals surface area (Å²) in [4.78, 5) is 11.5. The summed E-state index contributed by atoms with van der Waals surface area (Å²) >= 11 is 0. The van der Waals surface area contributed by atoms with Crippen LogP contribution in [0.25, 0.3) is 0 Å². The van der Waals surface area contributed by atoms with Crippen molar-refractivity contribution in [2.75, 3.05) is 0 Å². The summed E-state index contributed by atoms with van der Waals surface area (Å²) in [6, 6.07) is 3.96. The molecule has 0 aliphatic carbocycles. The number of halogens is 17. The molecule has 208 valence electrons. The zero-order chi connectivity index (χ0) is 29.0. The SMILES string of the molecule is C[C@H](NC(=O)C(F)(F)C(F)(F)C(F)(F)C(F)(F)C(F)(F)C(F)(F)C(F)(F)C(F)(F)F)c1ccccc1. The first-order valence-corrected chi connectivity index (χ1v) is 8.73. The van der Waals surface area contributed by atoms with Crippen LogP contribution in [0.4, 0.5) is 74.6 Å². The lowest BCUT2D eigenvalue weighted by atomic mass is 9.88. The maximum atomic E-state index is 13.9. The van der Waals surface area contributed by atoms with Crippen LogP contribution in [0.15, 0.2) is 30.3 Å². The van der Waals surface area contributed by atoms with Gasteiger partial charge in [-0.3, -0.25) is 4.79 Å². The molecule has 0 bridgehead atoms. The van der Waals surface area contributed by atoms with E-state index in [1.807, 2.05) is 0 Å². The first-order chi connectivity index (χ1) is 15.7. The van der Waals surface area contributed by atoms with Crippen LogP contribution in [0.3, 0.4) is 0 Å². The highest BCUT2D eigenvalue weighted by atomic mass is 19.4. The predicted molar refractivity (Wildman–Crippen MR) is 83.7 cm³/mol. The van der Waals surface area contributed by atoms with Crippen LogP contribution >= 0.6 is 0 Å². The number of amides is 1. The summed E-state index contributed by atoms with van der Waals surface area (Å²) < 4.78 is 225. The summed E-state index contributed by atoms with van der Waals surface area (Å²) in [6.07, 6.45) is -7.83. The number of benzene rings is 1.